The second kappa shape index (κ2) is 5.45. The minimum atomic E-state index is -3.33. The third-order valence-corrected chi connectivity index (χ3v) is 4.37. The summed E-state index contributed by atoms with van der Waals surface area (Å²) in [4.78, 5) is 11.7. The number of carbonyl (C=O) groups excluding carboxylic acids is 1. The highest BCUT2D eigenvalue weighted by Gasteiger charge is 2.17. The van der Waals surface area contributed by atoms with Crippen LogP contribution in [0.4, 0.5) is 0 Å². The van der Waals surface area contributed by atoms with Gasteiger partial charge in [-0.1, -0.05) is 31.5 Å². The molecular weight excluding hydrogens is 236 g/mol. The van der Waals surface area contributed by atoms with Gasteiger partial charge in [0.05, 0.1) is 10.6 Å². The second-order valence-electron chi connectivity index (χ2n) is 4.50. The average Bonchev–Trinajstić information content (AvgIpc) is 2.26. The van der Waals surface area contributed by atoms with Crippen LogP contribution < -0.4 is 0 Å². The zero-order valence-electron chi connectivity index (χ0n) is 10.4. The summed E-state index contributed by atoms with van der Waals surface area (Å²) >= 11 is 0. The van der Waals surface area contributed by atoms with Gasteiger partial charge in [0.2, 0.25) is 0 Å². The normalized spacial score (nSPS) is 11.8. The quantitative estimate of drug-likeness (QED) is 0.810. The Labute approximate surface area is 103 Å². The summed E-state index contributed by atoms with van der Waals surface area (Å²) in [5.41, 5.74) is 1.02. The predicted octanol–water partition coefficient (Wildman–Crippen LogP) is 2.38. The van der Waals surface area contributed by atoms with Crippen LogP contribution in [0.5, 0.6) is 0 Å². The third-order valence-electron chi connectivity index (χ3n) is 2.64. The Morgan fingerprint density at radius 2 is 1.71 bits per heavy atom. The van der Waals surface area contributed by atoms with Gasteiger partial charge in [0.25, 0.3) is 0 Å². The van der Waals surface area contributed by atoms with Crippen molar-refractivity contribution in [2.24, 2.45) is 5.92 Å². The zero-order chi connectivity index (χ0) is 13.1. The van der Waals surface area contributed by atoms with E-state index in [0.29, 0.717) is 4.90 Å². The van der Waals surface area contributed by atoms with E-state index >= 15 is 0 Å². The van der Waals surface area contributed by atoms with Gasteiger partial charge >= 0.3 is 0 Å². The van der Waals surface area contributed by atoms with Crippen molar-refractivity contribution in [1.29, 1.82) is 0 Å². The van der Waals surface area contributed by atoms with Crippen LogP contribution in [0.1, 0.15) is 25.8 Å². The summed E-state index contributed by atoms with van der Waals surface area (Å²) in [5.74, 6) is -0.225. The molecule has 0 amide bonds. The maximum atomic E-state index is 11.9. The number of hydrogen-bond donors (Lipinski definition) is 0. The van der Waals surface area contributed by atoms with Gasteiger partial charge < -0.3 is 0 Å². The number of sulfone groups is 1. The molecule has 0 aliphatic rings. The molecule has 0 radical (unpaired) electrons. The van der Waals surface area contributed by atoms with Gasteiger partial charge in [-0.2, -0.15) is 0 Å². The lowest BCUT2D eigenvalue weighted by atomic mass is 10.1. The van der Waals surface area contributed by atoms with Gasteiger partial charge in [0.1, 0.15) is 5.78 Å². The Balaban J connectivity index is 2.76. The maximum absolute atomic E-state index is 11.9. The standard InChI is InChI=1S/C13H18O3S/c1-10(2)13(14)8-9-17(15,16)12-6-4-11(3)5-7-12/h4-7,10H,8-9H2,1-3H3. The van der Waals surface area contributed by atoms with Crippen LogP contribution in [0.15, 0.2) is 29.2 Å². The van der Waals surface area contributed by atoms with Crippen molar-refractivity contribution in [2.75, 3.05) is 5.75 Å². The summed E-state index contributed by atoms with van der Waals surface area (Å²) in [6.45, 7) is 5.46. The van der Waals surface area contributed by atoms with Gasteiger partial charge in [0.15, 0.2) is 9.84 Å². The largest absolute Gasteiger partial charge is 0.299 e. The molecule has 3 nitrogen and oxygen atoms in total. The molecule has 0 aromatic heterocycles. The van der Waals surface area contributed by atoms with E-state index in [0.717, 1.165) is 5.56 Å². The van der Waals surface area contributed by atoms with Crippen molar-refractivity contribution >= 4 is 15.6 Å². The molecule has 0 bridgehead atoms. The van der Waals surface area contributed by atoms with Crippen LogP contribution >= 0.6 is 0 Å². The van der Waals surface area contributed by atoms with E-state index in [9.17, 15) is 13.2 Å². The summed E-state index contributed by atoms with van der Waals surface area (Å²) < 4.78 is 23.8. The summed E-state index contributed by atoms with van der Waals surface area (Å²) in [5, 5.41) is 0. The predicted molar refractivity (Wildman–Crippen MR) is 67.7 cm³/mol. The van der Waals surface area contributed by atoms with E-state index in [4.69, 9.17) is 0 Å². The van der Waals surface area contributed by atoms with E-state index in [1.165, 1.54) is 0 Å². The van der Waals surface area contributed by atoms with Crippen LogP contribution in [0, 0.1) is 12.8 Å². The van der Waals surface area contributed by atoms with Crippen LogP contribution in [-0.2, 0) is 14.6 Å². The first-order chi connectivity index (χ1) is 7.83. The zero-order valence-corrected chi connectivity index (χ0v) is 11.3. The number of ketones is 1. The van der Waals surface area contributed by atoms with Crippen LogP contribution in [0.3, 0.4) is 0 Å². The molecule has 0 fully saturated rings. The van der Waals surface area contributed by atoms with Gasteiger partial charge in [-0.15, -0.1) is 0 Å². The number of hydrogen-bond acceptors (Lipinski definition) is 3. The molecule has 0 spiro atoms. The second-order valence-corrected chi connectivity index (χ2v) is 6.61. The minimum Gasteiger partial charge on any atom is -0.299 e. The molecule has 0 aliphatic heterocycles. The highest BCUT2D eigenvalue weighted by molar-refractivity contribution is 7.91. The summed E-state index contributed by atoms with van der Waals surface area (Å²) in [7, 11) is -3.33. The third kappa shape index (κ3) is 3.97. The Bertz CT molecular complexity index is 484. The number of Topliss-reactive ketones (excluding diaryl/α,β-unsaturated/α-hetero) is 1. The molecule has 94 valence electrons. The van der Waals surface area contributed by atoms with E-state index in [-0.39, 0.29) is 23.9 Å². The molecule has 0 atom stereocenters. The lowest BCUT2D eigenvalue weighted by Gasteiger charge is -2.06. The fourth-order valence-corrected chi connectivity index (χ4v) is 2.64. The van der Waals surface area contributed by atoms with Crippen LogP contribution in [0.2, 0.25) is 0 Å². The molecule has 1 aromatic carbocycles. The fraction of sp³-hybridized carbons (Fsp3) is 0.462. The monoisotopic (exact) mass is 254 g/mol. The summed E-state index contributed by atoms with van der Waals surface area (Å²) in [6, 6.07) is 6.70. The molecule has 17 heavy (non-hydrogen) atoms. The van der Waals surface area contributed by atoms with Gasteiger partial charge in [-0.3, -0.25) is 4.79 Å². The smallest absolute Gasteiger partial charge is 0.178 e. The number of aryl methyl sites for hydroxylation is 1. The molecule has 1 aromatic rings. The van der Waals surface area contributed by atoms with Crippen molar-refractivity contribution in [1.82, 2.24) is 0 Å². The topological polar surface area (TPSA) is 51.2 Å². The van der Waals surface area contributed by atoms with E-state index in [2.05, 4.69) is 0 Å². The highest BCUT2D eigenvalue weighted by atomic mass is 32.2. The first kappa shape index (κ1) is 13.9. The Morgan fingerprint density at radius 1 is 1.18 bits per heavy atom. The highest BCUT2D eigenvalue weighted by Crippen LogP contribution is 2.14. The molecule has 0 aliphatic carbocycles. The number of rotatable bonds is 5. The SMILES string of the molecule is Cc1ccc(S(=O)(=O)CCC(=O)C(C)C)cc1. The first-order valence-electron chi connectivity index (χ1n) is 5.65. The lowest BCUT2D eigenvalue weighted by molar-refractivity contribution is -0.121. The van der Waals surface area contributed by atoms with Crippen LogP contribution in [-0.4, -0.2) is 20.0 Å². The maximum Gasteiger partial charge on any atom is 0.178 e. The van der Waals surface area contributed by atoms with Crippen LogP contribution in [0.25, 0.3) is 0 Å². The molecule has 0 heterocycles. The Morgan fingerprint density at radius 3 is 2.18 bits per heavy atom. The molecule has 0 unspecified atom stereocenters. The molecular formula is C13H18O3S. The van der Waals surface area contributed by atoms with Gasteiger partial charge in [-0.05, 0) is 19.1 Å². The van der Waals surface area contributed by atoms with Crippen molar-refractivity contribution in [3.8, 4) is 0 Å². The fourth-order valence-electron chi connectivity index (χ4n) is 1.39. The first-order valence-corrected chi connectivity index (χ1v) is 7.30. The molecule has 0 saturated carbocycles. The van der Waals surface area contributed by atoms with E-state index < -0.39 is 9.84 Å². The molecule has 0 N–H and O–H groups in total. The van der Waals surface area contributed by atoms with E-state index in [1.807, 2.05) is 6.92 Å². The van der Waals surface area contributed by atoms with E-state index in [1.54, 1.807) is 38.1 Å². The average molecular weight is 254 g/mol. The van der Waals surface area contributed by atoms with Crippen molar-refractivity contribution in [2.45, 2.75) is 32.1 Å². The summed E-state index contributed by atoms with van der Waals surface area (Å²) in [6.07, 6.45) is 0.0911. The molecule has 4 heteroatoms. The molecule has 0 saturated heterocycles. The Kier molecular flexibility index (Phi) is 4.46. The Hall–Kier alpha value is -1.16. The minimum absolute atomic E-state index is 0.0133. The lowest BCUT2D eigenvalue weighted by Crippen LogP contribution is -2.14. The van der Waals surface area contributed by atoms with Gasteiger partial charge in [-0.25, -0.2) is 8.42 Å². The number of carbonyl (C=O) groups is 1. The van der Waals surface area contributed by atoms with Crippen molar-refractivity contribution in [3.05, 3.63) is 29.8 Å². The van der Waals surface area contributed by atoms with Crippen molar-refractivity contribution < 1.29 is 13.2 Å². The van der Waals surface area contributed by atoms with Crippen molar-refractivity contribution in [3.63, 3.8) is 0 Å². The van der Waals surface area contributed by atoms with Gasteiger partial charge in [0, 0.05) is 12.3 Å². The molecule has 1 rings (SSSR count). The number of benzene rings is 1.